The average molecular weight is 402 g/mol. The first-order chi connectivity index (χ1) is 9.13. The molecule has 0 aliphatic rings. The molecule has 1 heterocycles. The molecule has 0 radical (unpaired) electrons. The molecule has 0 saturated carbocycles. The molecule has 2 nitrogen and oxygen atoms in total. The van der Waals surface area contributed by atoms with E-state index in [4.69, 9.17) is 5.73 Å². The number of thiazole rings is 1. The van der Waals surface area contributed by atoms with E-state index in [9.17, 15) is 4.39 Å². The fourth-order valence-corrected chi connectivity index (χ4v) is 4.19. The van der Waals surface area contributed by atoms with Crippen LogP contribution >= 0.6 is 45.7 Å². The van der Waals surface area contributed by atoms with Gasteiger partial charge in [0.1, 0.15) is 5.82 Å². The van der Waals surface area contributed by atoms with Crippen molar-refractivity contribution < 1.29 is 4.39 Å². The number of nitrogen functional groups attached to an aromatic ring is 1. The number of rotatable bonds is 2. The zero-order valence-electron chi connectivity index (χ0n) is 9.56. The Morgan fingerprint density at radius 1 is 1.26 bits per heavy atom. The Hall–Kier alpha value is -0.860. The Balaban J connectivity index is 1.98. The number of anilines is 1. The van der Waals surface area contributed by atoms with Gasteiger partial charge >= 0.3 is 0 Å². The smallest absolute Gasteiger partial charge is 0.155 e. The standard InChI is InChI=1S/C13H8FIN2S2/c14-7-5-12(9(16)6-8(7)15)19-13-17-10-3-1-2-4-11(10)18-13/h1-6H,16H2. The fraction of sp³-hybridized carbons (Fsp3) is 0. The second kappa shape index (κ2) is 5.26. The third-order valence-corrected chi connectivity index (χ3v) is 5.52. The normalized spacial score (nSPS) is 11.1. The van der Waals surface area contributed by atoms with Crippen LogP contribution in [0.4, 0.5) is 10.1 Å². The summed E-state index contributed by atoms with van der Waals surface area (Å²) < 4.78 is 16.1. The minimum absolute atomic E-state index is 0.251. The summed E-state index contributed by atoms with van der Waals surface area (Å²) in [4.78, 5) is 5.21. The van der Waals surface area contributed by atoms with Crippen LogP contribution in [0.3, 0.4) is 0 Å². The summed E-state index contributed by atoms with van der Waals surface area (Å²) in [7, 11) is 0. The molecule has 0 bridgehead atoms. The largest absolute Gasteiger partial charge is 0.398 e. The maximum atomic E-state index is 13.6. The Morgan fingerprint density at radius 2 is 2.05 bits per heavy atom. The van der Waals surface area contributed by atoms with Gasteiger partial charge in [-0.3, -0.25) is 0 Å². The van der Waals surface area contributed by atoms with E-state index in [0.29, 0.717) is 14.2 Å². The summed E-state index contributed by atoms with van der Waals surface area (Å²) in [6.07, 6.45) is 0. The highest BCUT2D eigenvalue weighted by molar-refractivity contribution is 14.1. The summed E-state index contributed by atoms with van der Waals surface area (Å²) in [5, 5.41) is 0. The van der Waals surface area contributed by atoms with Crippen LogP contribution in [0.1, 0.15) is 0 Å². The molecular weight excluding hydrogens is 394 g/mol. The van der Waals surface area contributed by atoms with Gasteiger partial charge in [0.05, 0.1) is 13.8 Å². The third-order valence-electron chi connectivity index (χ3n) is 2.52. The average Bonchev–Trinajstić information content (AvgIpc) is 2.78. The number of fused-ring (bicyclic) bond motifs is 1. The molecule has 0 amide bonds. The number of para-hydroxylation sites is 1. The van der Waals surface area contributed by atoms with Gasteiger partial charge in [0.25, 0.3) is 0 Å². The van der Waals surface area contributed by atoms with Crippen molar-refractivity contribution in [3.8, 4) is 0 Å². The van der Waals surface area contributed by atoms with Gasteiger partial charge in [-0.15, -0.1) is 11.3 Å². The third kappa shape index (κ3) is 2.70. The number of nitrogens with two attached hydrogens (primary N) is 1. The molecule has 2 aromatic carbocycles. The van der Waals surface area contributed by atoms with Crippen molar-refractivity contribution in [2.24, 2.45) is 0 Å². The number of nitrogens with zero attached hydrogens (tertiary/aromatic N) is 1. The second-order valence-corrected chi connectivity index (χ2v) is 7.34. The molecule has 0 spiro atoms. The molecule has 1 aromatic heterocycles. The van der Waals surface area contributed by atoms with Crippen LogP contribution in [0, 0.1) is 9.39 Å². The molecule has 19 heavy (non-hydrogen) atoms. The van der Waals surface area contributed by atoms with E-state index in [1.54, 1.807) is 17.4 Å². The van der Waals surface area contributed by atoms with E-state index in [2.05, 4.69) is 4.98 Å². The summed E-state index contributed by atoms with van der Waals surface area (Å²) in [5.41, 5.74) is 7.45. The van der Waals surface area contributed by atoms with Gasteiger partial charge in [-0.05, 0) is 46.9 Å². The Morgan fingerprint density at radius 3 is 2.84 bits per heavy atom. The number of hydrogen-bond acceptors (Lipinski definition) is 4. The van der Waals surface area contributed by atoms with Crippen molar-refractivity contribution in [1.29, 1.82) is 0 Å². The molecule has 0 unspecified atom stereocenters. The van der Waals surface area contributed by atoms with Gasteiger partial charge in [0.15, 0.2) is 4.34 Å². The highest BCUT2D eigenvalue weighted by Gasteiger charge is 2.10. The summed E-state index contributed by atoms with van der Waals surface area (Å²) in [6, 6.07) is 11.0. The van der Waals surface area contributed by atoms with Crippen LogP contribution in [0.5, 0.6) is 0 Å². The van der Waals surface area contributed by atoms with Gasteiger partial charge < -0.3 is 5.73 Å². The van der Waals surface area contributed by atoms with Gasteiger partial charge in [0.2, 0.25) is 0 Å². The van der Waals surface area contributed by atoms with E-state index in [-0.39, 0.29) is 5.82 Å². The van der Waals surface area contributed by atoms with Crippen molar-refractivity contribution >= 4 is 61.6 Å². The molecule has 96 valence electrons. The topological polar surface area (TPSA) is 38.9 Å². The first-order valence-corrected chi connectivity index (χ1v) is 8.12. The van der Waals surface area contributed by atoms with E-state index < -0.39 is 0 Å². The molecule has 3 aromatic rings. The number of benzene rings is 2. The molecule has 0 atom stereocenters. The molecule has 6 heteroatoms. The van der Waals surface area contributed by atoms with E-state index in [0.717, 1.165) is 14.6 Å². The lowest BCUT2D eigenvalue weighted by Crippen LogP contribution is -1.92. The zero-order valence-corrected chi connectivity index (χ0v) is 13.4. The molecule has 0 saturated heterocycles. The predicted molar refractivity (Wildman–Crippen MR) is 87.3 cm³/mol. The maximum Gasteiger partial charge on any atom is 0.155 e. The predicted octanol–water partition coefficient (Wildman–Crippen LogP) is 4.77. The molecule has 0 fully saturated rings. The van der Waals surface area contributed by atoms with Crippen LogP contribution in [0.2, 0.25) is 0 Å². The van der Waals surface area contributed by atoms with E-state index >= 15 is 0 Å². The van der Waals surface area contributed by atoms with Gasteiger partial charge in [-0.25, -0.2) is 9.37 Å². The summed E-state index contributed by atoms with van der Waals surface area (Å²) in [5.74, 6) is -0.251. The monoisotopic (exact) mass is 402 g/mol. The van der Waals surface area contributed by atoms with Crippen LogP contribution < -0.4 is 5.73 Å². The van der Waals surface area contributed by atoms with Crippen molar-refractivity contribution in [2.75, 3.05) is 5.73 Å². The lowest BCUT2D eigenvalue weighted by Gasteiger charge is -2.04. The van der Waals surface area contributed by atoms with E-state index in [1.165, 1.54) is 17.8 Å². The molecule has 3 rings (SSSR count). The van der Waals surface area contributed by atoms with Crippen LogP contribution in [-0.4, -0.2) is 4.98 Å². The Kier molecular flexibility index (Phi) is 3.64. The molecule has 0 aliphatic heterocycles. The lowest BCUT2D eigenvalue weighted by atomic mass is 10.3. The molecular formula is C13H8FIN2S2. The number of aromatic nitrogens is 1. The van der Waals surface area contributed by atoms with Crippen molar-refractivity contribution in [3.63, 3.8) is 0 Å². The number of halogens is 2. The van der Waals surface area contributed by atoms with Gasteiger partial charge in [-0.1, -0.05) is 23.9 Å². The highest BCUT2D eigenvalue weighted by Crippen LogP contribution is 2.37. The first-order valence-electron chi connectivity index (χ1n) is 5.41. The lowest BCUT2D eigenvalue weighted by molar-refractivity contribution is 0.617. The minimum Gasteiger partial charge on any atom is -0.398 e. The Bertz CT molecular complexity index is 724. The SMILES string of the molecule is Nc1cc(I)c(F)cc1Sc1nc2ccccc2s1. The zero-order chi connectivity index (χ0) is 13.4. The van der Waals surface area contributed by atoms with E-state index in [1.807, 2.05) is 46.9 Å². The second-order valence-electron chi connectivity index (χ2n) is 3.85. The molecule has 0 aliphatic carbocycles. The molecule has 2 N–H and O–H groups in total. The Labute approximate surface area is 131 Å². The van der Waals surface area contributed by atoms with Crippen molar-refractivity contribution in [1.82, 2.24) is 4.98 Å². The number of hydrogen-bond donors (Lipinski definition) is 1. The highest BCUT2D eigenvalue weighted by atomic mass is 127. The van der Waals surface area contributed by atoms with Crippen molar-refractivity contribution in [2.45, 2.75) is 9.24 Å². The van der Waals surface area contributed by atoms with Crippen LogP contribution in [-0.2, 0) is 0 Å². The minimum atomic E-state index is -0.251. The first kappa shape index (κ1) is 13.1. The summed E-state index contributed by atoms with van der Waals surface area (Å²) >= 11 is 4.92. The quantitative estimate of drug-likeness (QED) is 0.496. The van der Waals surface area contributed by atoms with Crippen LogP contribution in [0.15, 0.2) is 45.6 Å². The summed E-state index contributed by atoms with van der Waals surface area (Å²) in [6.45, 7) is 0. The van der Waals surface area contributed by atoms with Gasteiger partial charge in [0, 0.05) is 10.6 Å². The fourth-order valence-electron chi connectivity index (χ4n) is 1.62. The van der Waals surface area contributed by atoms with Gasteiger partial charge in [-0.2, -0.15) is 0 Å². The van der Waals surface area contributed by atoms with Crippen molar-refractivity contribution in [3.05, 3.63) is 45.8 Å². The maximum absolute atomic E-state index is 13.6. The van der Waals surface area contributed by atoms with Crippen LogP contribution in [0.25, 0.3) is 10.2 Å².